The molecule has 0 aromatic heterocycles. The van der Waals surface area contributed by atoms with Crippen molar-refractivity contribution in [1.82, 2.24) is 10.6 Å². The van der Waals surface area contributed by atoms with E-state index < -0.39 is 43.5 Å². The lowest BCUT2D eigenvalue weighted by Crippen LogP contribution is -2.58. The standard InChI is InChI=1S/C41H64N2O7Si/c1-9-51(10-2,11-3)50-30-41(8,40(47)49-28-34-23-16-13-17-24-34)38(45)35(26-32(6)7)43-39(46)36(29-48-27-33-21-14-12-15-22-33)42-37(44)25-19-18-20-31(4)5/h12-17,21-24,31-32,35-36H,9-11,18-20,25-30H2,1-8H3,(H,42,44)(H,43,46)/t35-,36-,41?/m0/s1. The Labute approximate surface area is 308 Å². The van der Waals surface area contributed by atoms with Gasteiger partial charge in [-0.15, -0.1) is 0 Å². The number of ketones is 1. The number of carbonyl (C=O) groups excluding carboxylic acids is 4. The van der Waals surface area contributed by atoms with Gasteiger partial charge in [0.2, 0.25) is 11.8 Å². The van der Waals surface area contributed by atoms with Gasteiger partial charge in [0.1, 0.15) is 18.1 Å². The van der Waals surface area contributed by atoms with E-state index in [1.165, 1.54) is 0 Å². The lowest BCUT2D eigenvalue weighted by molar-refractivity contribution is -0.164. The molecule has 0 aliphatic carbocycles. The van der Waals surface area contributed by atoms with Gasteiger partial charge in [-0.2, -0.15) is 0 Å². The summed E-state index contributed by atoms with van der Waals surface area (Å²) in [6.45, 7) is 16.1. The molecule has 284 valence electrons. The van der Waals surface area contributed by atoms with Gasteiger partial charge in [-0.05, 0) is 60.9 Å². The van der Waals surface area contributed by atoms with E-state index in [0.717, 1.165) is 42.1 Å². The van der Waals surface area contributed by atoms with Crippen LogP contribution in [0.3, 0.4) is 0 Å². The first-order valence-corrected chi connectivity index (χ1v) is 21.4. The van der Waals surface area contributed by atoms with E-state index >= 15 is 0 Å². The van der Waals surface area contributed by atoms with Crippen molar-refractivity contribution in [1.29, 1.82) is 0 Å². The second-order valence-electron chi connectivity index (χ2n) is 14.7. The van der Waals surface area contributed by atoms with Crippen molar-refractivity contribution in [3.63, 3.8) is 0 Å². The van der Waals surface area contributed by atoms with Gasteiger partial charge in [0, 0.05) is 6.42 Å². The van der Waals surface area contributed by atoms with E-state index in [-0.39, 0.29) is 51.1 Å². The van der Waals surface area contributed by atoms with Gasteiger partial charge in [0.25, 0.3) is 0 Å². The Hall–Kier alpha value is -3.34. The summed E-state index contributed by atoms with van der Waals surface area (Å²) in [4.78, 5) is 55.7. The molecule has 0 saturated heterocycles. The molecule has 3 atom stereocenters. The third-order valence-corrected chi connectivity index (χ3v) is 14.3. The number of hydrogen-bond acceptors (Lipinski definition) is 7. The van der Waals surface area contributed by atoms with Crippen LogP contribution in [0.15, 0.2) is 60.7 Å². The molecule has 0 radical (unpaired) electrons. The Kier molecular flexibility index (Phi) is 19.4. The first-order valence-electron chi connectivity index (χ1n) is 18.9. The number of rotatable bonds is 25. The number of esters is 1. The van der Waals surface area contributed by atoms with E-state index in [9.17, 15) is 19.2 Å². The van der Waals surface area contributed by atoms with Crippen LogP contribution in [0.25, 0.3) is 0 Å². The van der Waals surface area contributed by atoms with Gasteiger partial charge >= 0.3 is 5.97 Å². The molecule has 0 aliphatic heterocycles. The first kappa shape index (κ1) is 43.8. The van der Waals surface area contributed by atoms with Crippen LogP contribution in [-0.2, 0) is 46.3 Å². The molecule has 0 aliphatic rings. The average Bonchev–Trinajstić information content (AvgIpc) is 3.12. The van der Waals surface area contributed by atoms with Crippen LogP contribution in [-0.4, -0.2) is 57.2 Å². The maximum Gasteiger partial charge on any atom is 0.322 e. The highest BCUT2D eigenvalue weighted by Crippen LogP contribution is 2.30. The van der Waals surface area contributed by atoms with E-state index in [2.05, 4.69) is 45.3 Å². The number of carbonyl (C=O) groups is 4. The molecular weight excluding hydrogens is 661 g/mol. The lowest BCUT2D eigenvalue weighted by Gasteiger charge is -2.36. The summed E-state index contributed by atoms with van der Waals surface area (Å²) in [5, 5.41) is 5.78. The number of nitrogens with one attached hydrogen (secondary N) is 2. The number of benzene rings is 2. The van der Waals surface area contributed by atoms with Crippen LogP contribution >= 0.6 is 0 Å². The van der Waals surface area contributed by atoms with Crippen LogP contribution in [0, 0.1) is 17.3 Å². The zero-order valence-corrected chi connectivity index (χ0v) is 33.4. The fourth-order valence-electron chi connectivity index (χ4n) is 5.98. The molecule has 0 heterocycles. The maximum absolute atomic E-state index is 14.6. The highest BCUT2D eigenvalue weighted by atomic mass is 28.4. The van der Waals surface area contributed by atoms with Crippen LogP contribution in [0.1, 0.15) is 98.6 Å². The van der Waals surface area contributed by atoms with Crippen molar-refractivity contribution in [3.05, 3.63) is 71.8 Å². The zero-order valence-electron chi connectivity index (χ0n) is 32.4. The molecule has 0 fully saturated rings. The number of unbranched alkanes of at least 4 members (excludes halogenated alkanes) is 1. The van der Waals surface area contributed by atoms with Crippen LogP contribution < -0.4 is 10.6 Å². The Morgan fingerprint density at radius 3 is 1.84 bits per heavy atom. The largest absolute Gasteiger partial charge is 0.460 e. The van der Waals surface area contributed by atoms with Gasteiger partial charge in [0.15, 0.2) is 14.1 Å². The Morgan fingerprint density at radius 2 is 1.31 bits per heavy atom. The third-order valence-electron chi connectivity index (χ3n) is 9.63. The fourth-order valence-corrected chi connectivity index (χ4v) is 8.69. The molecule has 0 saturated carbocycles. The highest BCUT2D eigenvalue weighted by Gasteiger charge is 2.48. The Bertz CT molecular complexity index is 1330. The second-order valence-corrected chi connectivity index (χ2v) is 19.5. The predicted octanol–water partition coefficient (Wildman–Crippen LogP) is 7.78. The van der Waals surface area contributed by atoms with Gasteiger partial charge in [-0.25, -0.2) is 0 Å². The normalized spacial score (nSPS) is 14.1. The molecule has 2 rings (SSSR count). The molecule has 9 nitrogen and oxygen atoms in total. The monoisotopic (exact) mass is 724 g/mol. The van der Waals surface area contributed by atoms with Gasteiger partial charge in [0.05, 0.1) is 25.9 Å². The van der Waals surface area contributed by atoms with Crippen LogP contribution in [0.4, 0.5) is 0 Å². The smallest absolute Gasteiger partial charge is 0.322 e. The summed E-state index contributed by atoms with van der Waals surface area (Å²) in [5.74, 6) is -1.41. The molecular formula is C41H64N2O7Si. The summed E-state index contributed by atoms with van der Waals surface area (Å²) in [7, 11) is -2.22. The number of Topliss-reactive ketones (excluding diaryl/α,β-unsaturated/α-hetero) is 1. The Balaban J connectivity index is 2.36. The summed E-state index contributed by atoms with van der Waals surface area (Å²) < 4.78 is 18.3. The van der Waals surface area contributed by atoms with Crippen molar-refractivity contribution in [2.24, 2.45) is 17.3 Å². The molecule has 2 N–H and O–H groups in total. The minimum Gasteiger partial charge on any atom is -0.460 e. The molecule has 2 aromatic rings. The maximum atomic E-state index is 14.6. The van der Waals surface area contributed by atoms with E-state index in [4.69, 9.17) is 13.9 Å². The molecule has 1 unspecified atom stereocenters. The summed E-state index contributed by atoms with van der Waals surface area (Å²) in [6.07, 6.45) is 3.20. The van der Waals surface area contributed by atoms with Crippen molar-refractivity contribution in [2.75, 3.05) is 13.2 Å². The number of amides is 2. The molecule has 51 heavy (non-hydrogen) atoms. The minimum atomic E-state index is -2.22. The second kappa shape index (κ2) is 22.6. The first-order chi connectivity index (χ1) is 24.3. The van der Waals surface area contributed by atoms with E-state index in [0.29, 0.717) is 12.3 Å². The average molecular weight is 725 g/mol. The van der Waals surface area contributed by atoms with Crippen molar-refractivity contribution >= 4 is 31.9 Å². The van der Waals surface area contributed by atoms with Crippen molar-refractivity contribution in [3.8, 4) is 0 Å². The molecule has 10 heteroatoms. The molecule has 0 bridgehead atoms. The summed E-state index contributed by atoms with van der Waals surface area (Å²) in [6, 6.07) is 19.3. The predicted molar refractivity (Wildman–Crippen MR) is 205 cm³/mol. The minimum absolute atomic E-state index is 0.00322. The van der Waals surface area contributed by atoms with Crippen molar-refractivity contribution in [2.45, 2.75) is 131 Å². The molecule has 0 spiro atoms. The zero-order chi connectivity index (χ0) is 37.9. The third kappa shape index (κ3) is 15.0. The Morgan fingerprint density at radius 1 is 0.745 bits per heavy atom. The highest BCUT2D eigenvalue weighted by molar-refractivity contribution is 6.73. The van der Waals surface area contributed by atoms with Crippen LogP contribution in [0.2, 0.25) is 18.1 Å². The molecule has 2 amide bonds. The topological polar surface area (TPSA) is 120 Å². The van der Waals surface area contributed by atoms with E-state index in [1.54, 1.807) is 6.92 Å². The molecule has 2 aromatic carbocycles. The SMILES string of the molecule is CC[Si](CC)(CC)OCC(C)(C(=O)OCc1ccccc1)C(=O)[C@H](CC(C)C)NC(=O)[C@H](COCc1ccccc1)NC(=O)CCCCC(C)C. The summed E-state index contributed by atoms with van der Waals surface area (Å²) >= 11 is 0. The summed E-state index contributed by atoms with van der Waals surface area (Å²) in [5.41, 5.74) is 0.0460. The van der Waals surface area contributed by atoms with Gasteiger partial charge in [-0.1, -0.05) is 122 Å². The number of hydrogen-bond donors (Lipinski definition) is 2. The fraction of sp³-hybridized carbons (Fsp3) is 0.610. The van der Waals surface area contributed by atoms with E-state index in [1.807, 2.05) is 74.5 Å². The number of ether oxygens (including phenoxy) is 2. The van der Waals surface area contributed by atoms with Gasteiger partial charge in [-0.3, -0.25) is 19.2 Å². The van der Waals surface area contributed by atoms with Crippen molar-refractivity contribution < 1.29 is 33.1 Å². The lowest BCUT2D eigenvalue weighted by atomic mass is 9.80. The van der Waals surface area contributed by atoms with Gasteiger partial charge < -0.3 is 24.5 Å². The quantitative estimate of drug-likeness (QED) is 0.0465. The van der Waals surface area contributed by atoms with Crippen LogP contribution in [0.5, 0.6) is 0 Å².